The third-order valence-corrected chi connectivity index (χ3v) is 4.96. The van der Waals surface area contributed by atoms with Crippen LogP contribution < -0.4 is 10.1 Å². The lowest BCUT2D eigenvalue weighted by Crippen LogP contribution is -2.25. The molecule has 0 aliphatic carbocycles. The normalized spacial score (nSPS) is 17.0. The van der Waals surface area contributed by atoms with E-state index in [-0.39, 0.29) is 12.0 Å². The van der Waals surface area contributed by atoms with Gasteiger partial charge in [0.1, 0.15) is 12.4 Å². The average molecular weight is 364 g/mol. The topological polar surface area (TPSA) is 52.5 Å². The molecule has 1 aliphatic heterocycles. The van der Waals surface area contributed by atoms with Crippen molar-refractivity contribution in [3.8, 4) is 5.75 Å². The molecule has 0 bridgehead atoms. The van der Waals surface area contributed by atoms with Crippen LogP contribution in [-0.4, -0.2) is 29.8 Å². The zero-order valence-corrected chi connectivity index (χ0v) is 15.5. The molecule has 1 saturated heterocycles. The maximum atomic E-state index is 12.7. The number of ether oxygens (including phenoxy) is 2. The molecule has 1 N–H and O–H groups in total. The van der Waals surface area contributed by atoms with Crippen molar-refractivity contribution in [3.05, 3.63) is 60.3 Å². The zero-order chi connectivity index (χ0) is 18.6. The van der Waals surface area contributed by atoms with Gasteiger partial charge in [0.05, 0.1) is 11.7 Å². The molecule has 5 nitrogen and oxygen atoms in total. The van der Waals surface area contributed by atoms with Gasteiger partial charge in [-0.3, -0.25) is 4.79 Å². The number of aryl methyl sites for hydroxylation is 1. The fourth-order valence-electron chi connectivity index (χ4n) is 3.48. The number of amides is 1. The number of rotatable bonds is 5. The Bertz CT molecular complexity index is 924. The lowest BCUT2D eigenvalue weighted by molar-refractivity contribution is -0.0110. The van der Waals surface area contributed by atoms with Crippen LogP contribution in [0, 0.1) is 0 Å². The molecule has 0 saturated carbocycles. The second-order valence-corrected chi connectivity index (χ2v) is 6.95. The van der Waals surface area contributed by atoms with Gasteiger partial charge < -0.3 is 19.4 Å². The number of anilines is 1. The summed E-state index contributed by atoms with van der Waals surface area (Å²) >= 11 is 0. The maximum Gasteiger partial charge on any atom is 0.257 e. The predicted molar refractivity (Wildman–Crippen MR) is 106 cm³/mol. The number of nitrogens with zero attached hydrogens (tertiary/aromatic N) is 1. The van der Waals surface area contributed by atoms with Crippen LogP contribution in [0.1, 0.15) is 29.6 Å². The molecule has 5 heteroatoms. The molecule has 27 heavy (non-hydrogen) atoms. The highest BCUT2D eigenvalue weighted by Gasteiger charge is 2.15. The highest BCUT2D eigenvalue weighted by Crippen LogP contribution is 2.23. The molecule has 1 aromatic heterocycles. The molecule has 0 spiro atoms. The Morgan fingerprint density at radius 1 is 1.19 bits per heavy atom. The van der Waals surface area contributed by atoms with Crippen LogP contribution in [0.4, 0.5) is 5.69 Å². The van der Waals surface area contributed by atoms with Crippen LogP contribution in [0.2, 0.25) is 0 Å². The molecule has 2 heterocycles. The molecular formula is C22H24N2O3. The number of fused-ring (bicyclic) bond motifs is 1. The van der Waals surface area contributed by atoms with Gasteiger partial charge >= 0.3 is 0 Å². The standard InChI is InChI=1S/C22H24N2O3/c1-24-14-20(19-7-2-3-8-21(19)24)22(25)23-16-9-11-17(12-10-16)27-15-18-6-4-5-13-26-18/h2-3,7-12,14,18H,4-6,13,15H2,1H3,(H,23,25). The van der Waals surface area contributed by atoms with Gasteiger partial charge in [-0.15, -0.1) is 0 Å². The number of carbonyl (C=O) groups excluding carboxylic acids is 1. The number of carbonyl (C=O) groups is 1. The molecule has 1 amide bonds. The third kappa shape index (κ3) is 3.98. The average Bonchev–Trinajstić information content (AvgIpc) is 3.05. The van der Waals surface area contributed by atoms with Gasteiger partial charge in [0.15, 0.2) is 0 Å². The second kappa shape index (κ2) is 7.84. The van der Waals surface area contributed by atoms with Crippen LogP contribution in [-0.2, 0) is 11.8 Å². The van der Waals surface area contributed by atoms with E-state index in [1.54, 1.807) is 0 Å². The van der Waals surface area contributed by atoms with Crippen molar-refractivity contribution in [3.63, 3.8) is 0 Å². The minimum absolute atomic E-state index is 0.115. The molecule has 0 radical (unpaired) electrons. The van der Waals surface area contributed by atoms with Gasteiger partial charge in [0, 0.05) is 36.4 Å². The second-order valence-electron chi connectivity index (χ2n) is 6.95. The molecular weight excluding hydrogens is 340 g/mol. The van der Waals surface area contributed by atoms with Gasteiger partial charge in [0.2, 0.25) is 0 Å². The number of para-hydroxylation sites is 1. The molecule has 2 aromatic carbocycles. The summed E-state index contributed by atoms with van der Waals surface area (Å²) in [4.78, 5) is 12.7. The first-order chi connectivity index (χ1) is 13.2. The lowest BCUT2D eigenvalue weighted by Gasteiger charge is -2.22. The first kappa shape index (κ1) is 17.6. The molecule has 1 atom stereocenters. The third-order valence-electron chi connectivity index (χ3n) is 4.96. The Morgan fingerprint density at radius 2 is 2.00 bits per heavy atom. The quantitative estimate of drug-likeness (QED) is 0.731. The minimum atomic E-state index is -0.115. The molecule has 1 fully saturated rings. The van der Waals surface area contributed by atoms with E-state index < -0.39 is 0 Å². The van der Waals surface area contributed by atoms with E-state index in [1.807, 2.05) is 66.3 Å². The predicted octanol–water partition coefficient (Wildman–Crippen LogP) is 4.38. The van der Waals surface area contributed by atoms with Crippen LogP contribution >= 0.6 is 0 Å². The van der Waals surface area contributed by atoms with Gasteiger partial charge in [-0.25, -0.2) is 0 Å². The van der Waals surface area contributed by atoms with Crippen molar-refractivity contribution < 1.29 is 14.3 Å². The van der Waals surface area contributed by atoms with Crippen LogP contribution in [0.15, 0.2) is 54.7 Å². The van der Waals surface area contributed by atoms with Crippen LogP contribution in [0.5, 0.6) is 5.75 Å². The maximum absolute atomic E-state index is 12.7. The summed E-state index contributed by atoms with van der Waals surface area (Å²) in [5.74, 6) is 0.670. The van der Waals surface area contributed by atoms with E-state index in [2.05, 4.69) is 5.32 Å². The fourth-order valence-corrected chi connectivity index (χ4v) is 3.48. The Kier molecular flexibility index (Phi) is 5.12. The van der Waals surface area contributed by atoms with Crippen molar-refractivity contribution in [2.45, 2.75) is 25.4 Å². The first-order valence-electron chi connectivity index (χ1n) is 9.40. The Balaban J connectivity index is 1.39. The van der Waals surface area contributed by atoms with E-state index in [1.165, 1.54) is 6.42 Å². The van der Waals surface area contributed by atoms with Gasteiger partial charge in [-0.2, -0.15) is 0 Å². The van der Waals surface area contributed by atoms with Gasteiger partial charge in [0.25, 0.3) is 5.91 Å². The van der Waals surface area contributed by atoms with E-state index in [9.17, 15) is 4.79 Å². The Morgan fingerprint density at radius 3 is 2.78 bits per heavy atom. The van der Waals surface area contributed by atoms with Crippen LogP contribution in [0.25, 0.3) is 10.9 Å². The molecule has 3 aromatic rings. The summed E-state index contributed by atoms with van der Waals surface area (Å²) in [6, 6.07) is 15.4. The number of nitrogens with one attached hydrogen (secondary N) is 1. The van der Waals surface area contributed by atoms with Gasteiger partial charge in [-0.05, 0) is 49.6 Å². The first-order valence-corrected chi connectivity index (χ1v) is 9.40. The van der Waals surface area contributed by atoms with Crippen LogP contribution in [0.3, 0.4) is 0 Å². The van der Waals surface area contributed by atoms with E-state index in [0.29, 0.717) is 12.2 Å². The van der Waals surface area contributed by atoms with Crippen molar-refractivity contribution in [2.75, 3.05) is 18.5 Å². The minimum Gasteiger partial charge on any atom is -0.491 e. The monoisotopic (exact) mass is 364 g/mol. The largest absolute Gasteiger partial charge is 0.491 e. The van der Waals surface area contributed by atoms with E-state index >= 15 is 0 Å². The molecule has 140 valence electrons. The van der Waals surface area contributed by atoms with Crippen molar-refractivity contribution in [2.24, 2.45) is 7.05 Å². The van der Waals surface area contributed by atoms with Crippen molar-refractivity contribution >= 4 is 22.5 Å². The zero-order valence-electron chi connectivity index (χ0n) is 15.5. The van der Waals surface area contributed by atoms with Crippen molar-refractivity contribution in [1.82, 2.24) is 4.57 Å². The fraction of sp³-hybridized carbons (Fsp3) is 0.318. The number of aromatic nitrogens is 1. The summed E-state index contributed by atoms with van der Waals surface area (Å²) in [6.45, 7) is 1.40. The Hall–Kier alpha value is -2.79. The van der Waals surface area contributed by atoms with Gasteiger partial charge in [-0.1, -0.05) is 18.2 Å². The lowest BCUT2D eigenvalue weighted by atomic mass is 10.1. The molecule has 1 unspecified atom stereocenters. The summed E-state index contributed by atoms with van der Waals surface area (Å²) in [5.41, 5.74) is 2.45. The smallest absolute Gasteiger partial charge is 0.257 e. The highest BCUT2D eigenvalue weighted by atomic mass is 16.5. The highest BCUT2D eigenvalue weighted by molar-refractivity contribution is 6.12. The SMILES string of the molecule is Cn1cc(C(=O)Nc2ccc(OCC3CCCCO3)cc2)c2ccccc21. The summed E-state index contributed by atoms with van der Waals surface area (Å²) in [5, 5.41) is 3.91. The number of hydrogen-bond donors (Lipinski definition) is 1. The van der Waals surface area contributed by atoms with Crippen molar-refractivity contribution in [1.29, 1.82) is 0 Å². The number of hydrogen-bond acceptors (Lipinski definition) is 3. The van der Waals surface area contributed by atoms with E-state index in [4.69, 9.17) is 9.47 Å². The summed E-state index contributed by atoms with van der Waals surface area (Å²) in [6.07, 6.45) is 5.44. The molecule has 4 rings (SSSR count). The van der Waals surface area contributed by atoms with E-state index in [0.717, 1.165) is 41.8 Å². The Labute approximate surface area is 158 Å². The summed E-state index contributed by atoms with van der Waals surface area (Å²) < 4.78 is 13.5. The molecule has 1 aliphatic rings. The number of benzene rings is 2. The summed E-state index contributed by atoms with van der Waals surface area (Å²) in [7, 11) is 1.95.